The summed E-state index contributed by atoms with van der Waals surface area (Å²) in [6.45, 7) is 1.68. The molecule has 6 heteroatoms. The van der Waals surface area contributed by atoms with Crippen molar-refractivity contribution in [2.75, 3.05) is 0 Å². The summed E-state index contributed by atoms with van der Waals surface area (Å²) in [6, 6.07) is 5.70. The molecule has 0 amide bonds. The summed E-state index contributed by atoms with van der Waals surface area (Å²) in [5, 5.41) is 0.287. The van der Waals surface area contributed by atoms with E-state index < -0.39 is 24.2 Å². The Balaban J connectivity index is 2.49. The first-order valence-corrected chi connectivity index (χ1v) is 5.11. The van der Waals surface area contributed by atoms with E-state index in [1.165, 1.54) is 6.07 Å². The van der Waals surface area contributed by atoms with Gasteiger partial charge < -0.3 is 9.15 Å². The smallest absolute Gasteiger partial charge is 0.304 e. The molecule has 0 aliphatic carbocycles. The first-order chi connectivity index (χ1) is 8.49. The van der Waals surface area contributed by atoms with Crippen LogP contribution in [0.3, 0.4) is 0 Å². The average molecular weight is 258 g/mol. The lowest BCUT2D eigenvalue weighted by atomic mass is 10.1. The average Bonchev–Trinajstić information content (AvgIpc) is 2.30. The fraction of sp³-hybridized carbons (Fsp3) is 0.250. The molecule has 0 N–H and O–H groups in total. The molecule has 0 bridgehead atoms. The van der Waals surface area contributed by atoms with Crippen molar-refractivity contribution < 1.29 is 22.3 Å². The second-order valence-electron chi connectivity index (χ2n) is 3.68. The molecule has 1 aromatic heterocycles. The Bertz CT molecular complexity index is 621. The van der Waals surface area contributed by atoms with Crippen molar-refractivity contribution in [2.45, 2.75) is 19.7 Å². The lowest BCUT2D eigenvalue weighted by molar-refractivity contribution is -0.0767. The molecular weight excluding hydrogens is 249 g/mol. The van der Waals surface area contributed by atoms with Crippen molar-refractivity contribution in [1.82, 2.24) is 0 Å². The van der Waals surface area contributed by atoms with Crippen LogP contribution in [0, 0.1) is 6.92 Å². The molecule has 0 saturated carbocycles. The maximum Gasteiger partial charge on any atom is 0.304 e. The fourth-order valence-electron chi connectivity index (χ4n) is 1.52. The molecule has 0 spiro atoms. The minimum Gasteiger partial charge on any atom is -0.425 e. The van der Waals surface area contributed by atoms with Crippen LogP contribution >= 0.6 is 0 Å². The quantitative estimate of drug-likeness (QED) is 0.849. The number of halogens is 3. The molecule has 0 aliphatic rings. The van der Waals surface area contributed by atoms with Gasteiger partial charge in [0.25, 0.3) is 5.95 Å². The molecule has 0 saturated heterocycles. The molecule has 0 radical (unpaired) electrons. The van der Waals surface area contributed by atoms with Crippen LogP contribution in [-0.2, 0) is 0 Å². The zero-order valence-corrected chi connectivity index (χ0v) is 9.32. The summed E-state index contributed by atoms with van der Waals surface area (Å²) >= 11 is 0. The zero-order valence-electron chi connectivity index (χ0n) is 9.32. The summed E-state index contributed by atoms with van der Waals surface area (Å²) in [6.07, 6.45) is -6.13. The molecular formula is C12H9F3O3. The molecule has 1 atom stereocenters. The van der Waals surface area contributed by atoms with Gasteiger partial charge in [-0.25, -0.2) is 8.78 Å². The first-order valence-electron chi connectivity index (χ1n) is 5.11. The molecule has 1 unspecified atom stereocenters. The lowest BCUT2D eigenvalue weighted by Crippen LogP contribution is -2.20. The van der Waals surface area contributed by atoms with E-state index in [1.807, 2.05) is 0 Å². The Kier molecular flexibility index (Phi) is 3.27. The molecule has 2 rings (SSSR count). The molecule has 3 nitrogen and oxygen atoms in total. The van der Waals surface area contributed by atoms with Crippen molar-refractivity contribution >= 4 is 11.0 Å². The van der Waals surface area contributed by atoms with Gasteiger partial charge in [0.1, 0.15) is 5.58 Å². The van der Waals surface area contributed by atoms with Gasteiger partial charge in [-0.05, 0) is 18.6 Å². The van der Waals surface area contributed by atoms with E-state index in [9.17, 15) is 18.0 Å². The monoisotopic (exact) mass is 258 g/mol. The summed E-state index contributed by atoms with van der Waals surface area (Å²) in [5.41, 5.74) is 0.348. The Labute approximate surface area is 99.8 Å². The molecule has 0 aliphatic heterocycles. The Hall–Kier alpha value is -1.98. The van der Waals surface area contributed by atoms with Crippen LogP contribution in [0.4, 0.5) is 13.2 Å². The van der Waals surface area contributed by atoms with E-state index in [0.717, 1.165) is 6.07 Å². The van der Waals surface area contributed by atoms with E-state index in [-0.39, 0.29) is 11.0 Å². The number of aryl methyl sites for hydroxylation is 1. The number of hydrogen-bond donors (Lipinski definition) is 0. The van der Waals surface area contributed by atoms with Gasteiger partial charge in [-0.1, -0.05) is 12.1 Å². The van der Waals surface area contributed by atoms with Gasteiger partial charge in [0.15, 0.2) is 5.43 Å². The van der Waals surface area contributed by atoms with Crippen molar-refractivity contribution in [3.63, 3.8) is 0 Å². The number of para-hydroxylation sites is 1. The number of hydrogen-bond acceptors (Lipinski definition) is 3. The largest absolute Gasteiger partial charge is 0.425 e. The highest BCUT2D eigenvalue weighted by atomic mass is 19.3. The summed E-state index contributed by atoms with van der Waals surface area (Å²) in [7, 11) is 0. The normalized spacial score (nSPS) is 12.9. The van der Waals surface area contributed by atoms with Crippen LogP contribution in [0.25, 0.3) is 11.0 Å². The maximum atomic E-state index is 12.7. The van der Waals surface area contributed by atoms with Crippen molar-refractivity contribution in [1.29, 1.82) is 0 Å². The topological polar surface area (TPSA) is 39.4 Å². The minimum absolute atomic E-state index is 0.196. The van der Waals surface area contributed by atoms with E-state index in [0.29, 0.717) is 5.56 Å². The summed E-state index contributed by atoms with van der Waals surface area (Å²) in [4.78, 5) is 11.7. The highest BCUT2D eigenvalue weighted by Crippen LogP contribution is 2.22. The zero-order chi connectivity index (χ0) is 13.3. The standard InChI is InChI=1S/C12H9F3O3/c1-6-3-2-4-7-8(16)5-9(17-10(6)7)18-12(15)11(13)14/h2-5,11-12H,1H3. The second kappa shape index (κ2) is 4.72. The van der Waals surface area contributed by atoms with Crippen LogP contribution < -0.4 is 10.2 Å². The van der Waals surface area contributed by atoms with E-state index in [1.54, 1.807) is 19.1 Å². The number of alkyl halides is 3. The lowest BCUT2D eigenvalue weighted by Gasteiger charge is -2.09. The first kappa shape index (κ1) is 12.5. The van der Waals surface area contributed by atoms with E-state index in [2.05, 4.69) is 4.74 Å². The van der Waals surface area contributed by atoms with Crippen molar-refractivity contribution in [3.05, 3.63) is 40.1 Å². The number of ether oxygens (including phenoxy) is 1. The molecule has 1 aromatic carbocycles. The molecule has 18 heavy (non-hydrogen) atoms. The third-order valence-electron chi connectivity index (χ3n) is 2.36. The van der Waals surface area contributed by atoms with E-state index >= 15 is 0 Å². The number of fused-ring (bicyclic) bond motifs is 1. The maximum absolute atomic E-state index is 12.7. The molecule has 1 heterocycles. The molecule has 0 fully saturated rings. The molecule has 96 valence electrons. The third-order valence-corrected chi connectivity index (χ3v) is 2.36. The van der Waals surface area contributed by atoms with Crippen LogP contribution in [0.5, 0.6) is 5.95 Å². The predicted octanol–water partition coefficient (Wildman–Crippen LogP) is 3.04. The van der Waals surface area contributed by atoms with Crippen LogP contribution in [-0.4, -0.2) is 12.8 Å². The van der Waals surface area contributed by atoms with Crippen molar-refractivity contribution in [2.24, 2.45) is 0 Å². The van der Waals surface area contributed by atoms with Crippen LogP contribution in [0.15, 0.2) is 33.5 Å². The highest BCUT2D eigenvalue weighted by molar-refractivity contribution is 5.79. The van der Waals surface area contributed by atoms with Gasteiger partial charge in [-0.2, -0.15) is 4.39 Å². The SMILES string of the molecule is Cc1cccc2c(=O)cc(OC(F)C(F)F)oc12. The predicted molar refractivity (Wildman–Crippen MR) is 58.7 cm³/mol. The van der Waals surface area contributed by atoms with Gasteiger partial charge in [-0.3, -0.25) is 4.79 Å². The second-order valence-corrected chi connectivity index (χ2v) is 3.68. The fourth-order valence-corrected chi connectivity index (χ4v) is 1.52. The highest BCUT2D eigenvalue weighted by Gasteiger charge is 2.22. The molecule has 2 aromatic rings. The minimum atomic E-state index is -3.30. The van der Waals surface area contributed by atoms with Gasteiger partial charge in [-0.15, -0.1) is 0 Å². The summed E-state index contributed by atoms with van der Waals surface area (Å²) in [5.74, 6) is -0.561. The van der Waals surface area contributed by atoms with Gasteiger partial charge >= 0.3 is 12.8 Å². The van der Waals surface area contributed by atoms with Crippen molar-refractivity contribution in [3.8, 4) is 5.95 Å². The Morgan fingerprint density at radius 1 is 1.28 bits per heavy atom. The van der Waals surface area contributed by atoms with Gasteiger partial charge in [0.05, 0.1) is 11.5 Å². The third kappa shape index (κ3) is 2.32. The Morgan fingerprint density at radius 3 is 2.67 bits per heavy atom. The van der Waals surface area contributed by atoms with Crippen LogP contribution in [0.1, 0.15) is 5.56 Å². The Morgan fingerprint density at radius 2 is 2.00 bits per heavy atom. The van der Waals surface area contributed by atoms with Gasteiger partial charge in [0.2, 0.25) is 0 Å². The van der Waals surface area contributed by atoms with Crippen LogP contribution in [0.2, 0.25) is 0 Å². The number of benzene rings is 1. The summed E-state index contributed by atoms with van der Waals surface area (Å²) < 4.78 is 46.0. The van der Waals surface area contributed by atoms with E-state index in [4.69, 9.17) is 4.42 Å². The number of rotatable bonds is 3. The van der Waals surface area contributed by atoms with Gasteiger partial charge in [0, 0.05) is 0 Å².